The van der Waals surface area contributed by atoms with E-state index in [0.717, 1.165) is 17.7 Å². The van der Waals surface area contributed by atoms with Gasteiger partial charge in [-0.05, 0) is 49.2 Å². The number of nitrogens with one attached hydrogen (secondary N) is 1. The van der Waals surface area contributed by atoms with Gasteiger partial charge in [-0.1, -0.05) is 23.7 Å². The first-order valence-corrected chi connectivity index (χ1v) is 11.0. The van der Waals surface area contributed by atoms with Gasteiger partial charge in [0.05, 0.1) is 21.4 Å². The maximum absolute atomic E-state index is 12.5. The minimum atomic E-state index is -3.40. The van der Waals surface area contributed by atoms with Crippen molar-refractivity contribution in [1.82, 2.24) is 4.31 Å². The van der Waals surface area contributed by atoms with E-state index >= 15 is 0 Å². The molecule has 1 saturated heterocycles. The van der Waals surface area contributed by atoms with Crippen LogP contribution in [-0.2, 0) is 14.8 Å². The number of para-hydroxylation sites is 1. The number of carbonyl (C=O) groups is 1. The molecule has 1 fully saturated rings. The largest absolute Gasteiger partial charge is 0.324 e. The Morgan fingerprint density at radius 2 is 1.73 bits per heavy atom. The first-order chi connectivity index (χ1) is 12.5. The quantitative estimate of drug-likeness (QED) is 0.734. The van der Waals surface area contributed by atoms with Crippen molar-refractivity contribution in [2.45, 2.75) is 22.6 Å². The second kappa shape index (κ2) is 8.43. The fourth-order valence-electron chi connectivity index (χ4n) is 2.68. The average Bonchev–Trinajstić information content (AvgIpc) is 3.18. The SMILES string of the molecule is O=C(CSc1ccc(S(=O)(=O)N2CCCC2)cc1)Nc1ccccc1Cl. The van der Waals surface area contributed by atoms with Crippen molar-refractivity contribution in [3.8, 4) is 0 Å². The highest BCUT2D eigenvalue weighted by molar-refractivity contribution is 8.00. The summed E-state index contributed by atoms with van der Waals surface area (Å²) in [5.74, 6) is 0.0422. The minimum absolute atomic E-state index is 0.170. The molecule has 1 aliphatic rings. The predicted octanol–water partition coefficient (Wildman–Crippen LogP) is 3.86. The van der Waals surface area contributed by atoms with Gasteiger partial charge in [0.1, 0.15) is 0 Å². The number of amides is 1. The lowest BCUT2D eigenvalue weighted by molar-refractivity contribution is -0.113. The summed E-state index contributed by atoms with van der Waals surface area (Å²) in [4.78, 5) is 13.2. The highest BCUT2D eigenvalue weighted by atomic mass is 35.5. The molecule has 1 aliphatic heterocycles. The van der Waals surface area contributed by atoms with Crippen molar-refractivity contribution in [2.75, 3.05) is 24.2 Å². The van der Waals surface area contributed by atoms with Gasteiger partial charge in [0, 0.05) is 18.0 Å². The maximum atomic E-state index is 12.5. The molecular formula is C18H19ClN2O3S2. The van der Waals surface area contributed by atoms with Crippen molar-refractivity contribution in [1.29, 1.82) is 0 Å². The molecule has 0 radical (unpaired) electrons. The summed E-state index contributed by atoms with van der Waals surface area (Å²) in [7, 11) is -3.40. The number of carbonyl (C=O) groups excluding carboxylic acids is 1. The summed E-state index contributed by atoms with van der Waals surface area (Å²) in [6, 6.07) is 13.7. The fourth-order valence-corrected chi connectivity index (χ4v) is 5.08. The Morgan fingerprint density at radius 3 is 2.38 bits per heavy atom. The third kappa shape index (κ3) is 4.59. The Hall–Kier alpha value is -1.54. The number of hydrogen-bond acceptors (Lipinski definition) is 4. The first-order valence-electron chi connectivity index (χ1n) is 8.24. The van der Waals surface area contributed by atoms with Crippen LogP contribution >= 0.6 is 23.4 Å². The summed E-state index contributed by atoms with van der Waals surface area (Å²) in [5.41, 5.74) is 0.576. The number of halogens is 1. The number of nitrogens with zero attached hydrogens (tertiary/aromatic N) is 1. The van der Waals surface area contributed by atoms with Crippen molar-refractivity contribution >= 4 is 45.0 Å². The molecule has 2 aromatic rings. The lowest BCUT2D eigenvalue weighted by atomic mass is 10.3. The van der Waals surface area contributed by atoms with Crippen molar-refractivity contribution in [3.05, 3.63) is 53.6 Å². The van der Waals surface area contributed by atoms with E-state index in [1.807, 2.05) is 0 Å². The van der Waals surface area contributed by atoms with Gasteiger partial charge in [-0.25, -0.2) is 8.42 Å². The normalized spacial score (nSPS) is 15.1. The van der Waals surface area contributed by atoms with Crippen LogP contribution in [0.2, 0.25) is 5.02 Å². The van der Waals surface area contributed by atoms with Crippen LogP contribution in [0.25, 0.3) is 0 Å². The van der Waals surface area contributed by atoms with Crippen LogP contribution in [0.3, 0.4) is 0 Å². The highest BCUT2D eigenvalue weighted by Gasteiger charge is 2.26. The molecule has 138 valence electrons. The van der Waals surface area contributed by atoms with Crippen LogP contribution in [0.15, 0.2) is 58.3 Å². The monoisotopic (exact) mass is 410 g/mol. The first kappa shape index (κ1) is 19.2. The molecule has 26 heavy (non-hydrogen) atoms. The van der Waals surface area contributed by atoms with E-state index in [0.29, 0.717) is 28.7 Å². The molecule has 8 heteroatoms. The number of anilines is 1. The van der Waals surface area contributed by atoms with Gasteiger partial charge < -0.3 is 5.32 Å². The van der Waals surface area contributed by atoms with E-state index in [1.54, 1.807) is 48.5 Å². The topological polar surface area (TPSA) is 66.5 Å². The zero-order chi connectivity index (χ0) is 18.6. The molecule has 0 atom stereocenters. The van der Waals surface area contributed by atoms with Gasteiger partial charge >= 0.3 is 0 Å². The van der Waals surface area contributed by atoms with Crippen LogP contribution in [-0.4, -0.2) is 37.5 Å². The standard InChI is InChI=1S/C18H19ClN2O3S2/c19-16-5-1-2-6-17(16)20-18(22)13-25-14-7-9-15(10-8-14)26(23,24)21-11-3-4-12-21/h1-2,5-10H,3-4,11-13H2,(H,20,22). The summed E-state index contributed by atoms with van der Waals surface area (Å²) < 4.78 is 26.5. The Kier molecular flexibility index (Phi) is 6.24. The lowest BCUT2D eigenvalue weighted by Crippen LogP contribution is -2.27. The van der Waals surface area contributed by atoms with Crippen molar-refractivity contribution in [3.63, 3.8) is 0 Å². The third-order valence-electron chi connectivity index (χ3n) is 4.04. The zero-order valence-electron chi connectivity index (χ0n) is 14.0. The third-order valence-corrected chi connectivity index (χ3v) is 7.30. The molecule has 1 heterocycles. The Labute approximate surface area is 162 Å². The van der Waals surface area contributed by atoms with Crippen LogP contribution in [0.5, 0.6) is 0 Å². The summed E-state index contributed by atoms with van der Waals surface area (Å²) in [6.07, 6.45) is 1.82. The van der Waals surface area contributed by atoms with Gasteiger partial charge in [0.2, 0.25) is 15.9 Å². The number of benzene rings is 2. The smallest absolute Gasteiger partial charge is 0.243 e. The van der Waals surface area contributed by atoms with E-state index in [2.05, 4.69) is 5.32 Å². The second-order valence-corrected chi connectivity index (χ2v) is 9.29. The van der Waals surface area contributed by atoms with Gasteiger partial charge in [-0.2, -0.15) is 4.31 Å². The molecule has 0 aliphatic carbocycles. The number of sulfonamides is 1. The van der Waals surface area contributed by atoms with Gasteiger partial charge in [-0.3, -0.25) is 4.79 Å². The maximum Gasteiger partial charge on any atom is 0.243 e. The molecule has 0 saturated carbocycles. The molecule has 0 unspecified atom stereocenters. The number of hydrogen-bond donors (Lipinski definition) is 1. The molecule has 5 nitrogen and oxygen atoms in total. The molecule has 2 aromatic carbocycles. The van der Waals surface area contributed by atoms with Gasteiger partial charge in [-0.15, -0.1) is 11.8 Å². The molecule has 0 aromatic heterocycles. The number of rotatable bonds is 6. The Morgan fingerprint density at radius 1 is 1.08 bits per heavy atom. The molecule has 0 spiro atoms. The van der Waals surface area contributed by atoms with Crippen LogP contribution in [0, 0.1) is 0 Å². The molecule has 3 rings (SSSR count). The van der Waals surface area contributed by atoms with E-state index < -0.39 is 10.0 Å². The van der Waals surface area contributed by atoms with Gasteiger partial charge in [0.15, 0.2) is 0 Å². The fraction of sp³-hybridized carbons (Fsp3) is 0.278. The second-order valence-electron chi connectivity index (χ2n) is 5.90. The van der Waals surface area contributed by atoms with Crippen molar-refractivity contribution in [2.24, 2.45) is 0 Å². The summed E-state index contributed by atoms with van der Waals surface area (Å²) in [6.45, 7) is 1.17. The van der Waals surface area contributed by atoms with E-state index in [9.17, 15) is 13.2 Å². The van der Waals surface area contributed by atoms with E-state index in [4.69, 9.17) is 11.6 Å². The minimum Gasteiger partial charge on any atom is -0.324 e. The van der Waals surface area contributed by atoms with Crippen LogP contribution in [0.4, 0.5) is 5.69 Å². The predicted molar refractivity (Wildman–Crippen MR) is 105 cm³/mol. The zero-order valence-corrected chi connectivity index (χ0v) is 16.4. The Bertz CT molecular complexity index is 880. The number of thioether (sulfide) groups is 1. The highest BCUT2D eigenvalue weighted by Crippen LogP contribution is 2.25. The summed E-state index contributed by atoms with van der Waals surface area (Å²) in [5, 5.41) is 3.25. The molecule has 1 amide bonds. The molecule has 0 bridgehead atoms. The van der Waals surface area contributed by atoms with Crippen LogP contribution in [0.1, 0.15) is 12.8 Å². The molecular weight excluding hydrogens is 392 g/mol. The lowest BCUT2D eigenvalue weighted by Gasteiger charge is -2.15. The molecule has 1 N–H and O–H groups in total. The summed E-state index contributed by atoms with van der Waals surface area (Å²) >= 11 is 7.36. The van der Waals surface area contributed by atoms with Crippen LogP contribution < -0.4 is 5.32 Å². The van der Waals surface area contributed by atoms with Crippen molar-refractivity contribution < 1.29 is 13.2 Å². The Balaban J connectivity index is 1.57. The van der Waals surface area contributed by atoms with E-state index in [1.165, 1.54) is 16.1 Å². The average molecular weight is 411 g/mol. The van der Waals surface area contributed by atoms with Gasteiger partial charge in [0.25, 0.3) is 0 Å². The van der Waals surface area contributed by atoms with E-state index in [-0.39, 0.29) is 11.7 Å².